The molecule has 0 radical (unpaired) electrons. The zero-order chi connectivity index (χ0) is 12.1. The Bertz CT molecular complexity index is 354. The van der Waals surface area contributed by atoms with Crippen LogP contribution in [0.2, 0.25) is 0 Å². The Labute approximate surface area is 119 Å². The van der Waals surface area contributed by atoms with Crippen molar-refractivity contribution in [3.05, 3.63) is 19.9 Å². The van der Waals surface area contributed by atoms with Gasteiger partial charge in [0.05, 0.1) is 8.45 Å². The van der Waals surface area contributed by atoms with Gasteiger partial charge in [-0.1, -0.05) is 0 Å². The Balaban J connectivity index is 2.59. The second kappa shape index (κ2) is 6.86. The van der Waals surface area contributed by atoms with Crippen molar-refractivity contribution in [1.29, 1.82) is 0 Å². The van der Waals surface area contributed by atoms with Crippen molar-refractivity contribution >= 4 is 51.6 Å². The van der Waals surface area contributed by atoms with Gasteiger partial charge in [0.2, 0.25) is 0 Å². The van der Waals surface area contributed by atoms with Gasteiger partial charge >= 0.3 is 0 Å². The predicted molar refractivity (Wildman–Crippen MR) is 81.6 cm³/mol. The number of thiophene rings is 1. The Morgan fingerprint density at radius 1 is 1.69 bits per heavy atom. The Morgan fingerprint density at radius 2 is 2.38 bits per heavy atom. The monoisotopic (exact) mass is 369 g/mol. The van der Waals surface area contributed by atoms with Gasteiger partial charge in [-0.05, 0) is 54.0 Å². The van der Waals surface area contributed by atoms with Gasteiger partial charge in [0.1, 0.15) is 0 Å². The van der Waals surface area contributed by atoms with Crippen LogP contribution in [0.5, 0.6) is 0 Å². The van der Waals surface area contributed by atoms with Gasteiger partial charge in [-0.2, -0.15) is 11.8 Å². The van der Waals surface area contributed by atoms with Gasteiger partial charge in [0.25, 0.3) is 5.91 Å². The first kappa shape index (κ1) is 14.3. The minimum absolute atomic E-state index is 0.132. The molecule has 1 amide bonds. The zero-order valence-corrected chi connectivity index (χ0v) is 13.5. The van der Waals surface area contributed by atoms with Crippen LogP contribution in [-0.4, -0.2) is 35.9 Å². The highest BCUT2D eigenvalue weighted by Crippen LogP contribution is 2.19. The number of nitrogens with zero attached hydrogens (tertiary/aromatic N) is 1. The van der Waals surface area contributed by atoms with Crippen molar-refractivity contribution in [2.45, 2.75) is 19.4 Å². The van der Waals surface area contributed by atoms with E-state index in [-0.39, 0.29) is 5.91 Å². The molecule has 2 nitrogen and oxygen atoms in total. The SMILES string of the molecule is CSCCC(C)N(C)C(=O)c1csc(I)c1. The van der Waals surface area contributed by atoms with E-state index < -0.39 is 0 Å². The van der Waals surface area contributed by atoms with Crippen LogP contribution in [0, 0.1) is 2.88 Å². The zero-order valence-electron chi connectivity index (χ0n) is 9.70. The lowest BCUT2D eigenvalue weighted by Gasteiger charge is -2.24. The van der Waals surface area contributed by atoms with Gasteiger partial charge in [-0.25, -0.2) is 0 Å². The van der Waals surface area contributed by atoms with E-state index in [2.05, 4.69) is 35.8 Å². The number of halogens is 1. The molecule has 0 aliphatic carbocycles. The minimum atomic E-state index is 0.132. The molecule has 1 unspecified atom stereocenters. The maximum absolute atomic E-state index is 12.1. The van der Waals surface area contributed by atoms with Crippen LogP contribution in [0.1, 0.15) is 23.7 Å². The van der Waals surface area contributed by atoms with E-state index in [1.807, 2.05) is 35.2 Å². The second-order valence-electron chi connectivity index (χ2n) is 3.69. The maximum atomic E-state index is 12.1. The topological polar surface area (TPSA) is 20.3 Å². The molecule has 0 saturated heterocycles. The van der Waals surface area contributed by atoms with Crippen LogP contribution in [0.4, 0.5) is 0 Å². The summed E-state index contributed by atoms with van der Waals surface area (Å²) >= 11 is 5.68. The largest absolute Gasteiger partial charge is 0.339 e. The molecule has 16 heavy (non-hydrogen) atoms. The van der Waals surface area contributed by atoms with Gasteiger partial charge in [-0.15, -0.1) is 11.3 Å². The molecule has 0 fully saturated rings. The third kappa shape index (κ3) is 3.92. The first-order valence-corrected chi connectivity index (χ1v) is 8.41. The molecule has 0 saturated carbocycles. The van der Waals surface area contributed by atoms with Gasteiger partial charge in [0, 0.05) is 18.5 Å². The van der Waals surface area contributed by atoms with Crippen molar-refractivity contribution in [3.8, 4) is 0 Å². The van der Waals surface area contributed by atoms with E-state index in [9.17, 15) is 4.79 Å². The average molecular weight is 369 g/mol. The number of amides is 1. The van der Waals surface area contributed by atoms with Gasteiger partial charge in [-0.3, -0.25) is 4.79 Å². The summed E-state index contributed by atoms with van der Waals surface area (Å²) < 4.78 is 1.16. The molecule has 90 valence electrons. The van der Waals surface area contributed by atoms with E-state index in [1.54, 1.807) is 11.3 Å². The Hall–Kier alpha value is 0.250. The molecule has 1 atom stereocenters. The van der Waals surface area contributed by atoms with Crippen LogP contribution in [-0.2, 0) is 0 Å². The molecule has 0 aliphatic rings. The van der Waals surface area contributed by atoms with Crippen LogP contribution in [0.15, 0.2) is 11.4 Å². The predicted octanol–water partition coefficient (Wildman–Crippen LogP) is 3.57. The number of carbonyl (C=O) groups is 1. The molecule has 0 bridgehead atoms. The summed E-state index contributed by atoms with van der Waals surface area (Å²) in [5.74, 6) is 1.23. The fraction of sp³-hybridized carbons (Fsp3) is 0.545. The van der Waals surface area contributed by atoms with Gasteiger partial charge in [0.15, 0.2) is 0 Å². The molecule has 1 aromatic heterocycles. The smallest absolute Gasteiger partial charge is 0.254 e. The molecular weight excluding hydrogens is 353 g/mol. The molecule has 1 heterocycles. The highest BCUT2D eigenvalue weighted by atomic mass is 127. The van der Waals surface area contributed by atoms with E-state index in [0.717, 1.165) is 20.6 Å². The quantitative estimate of drug-likeness (QED) is 0.740. The Morgan fingerprint density at radius 3 is 2.88 bits per heavy atom. The lowest BCUT2D eigenvalue weighted by atomic mass is 10.2. The van der Waals surface area contributed by atoms with Crippen molar-refractivity contribution < 1.29 is 4.79 Å². The normalized spacial score (nSPS) is 12.5. The summed E-state index contributed by atoms with van der Waals surface area (Å²) in [6.07, 6.45) is 3.14. The van der Waals surface area contributed by atoms with Crippen LogP contribution < -0.4 is 0 Å². The maximum Gasteiger partial charge on any atom is 0.254 e. The number of rotatable bonds is 5. The molecule has 0 aliphatic heterocycles. The van der Waals surface area contributed by atoms with E-state index >= 15 is 0 Å². The highest BCUT2D eigenvalue weighted by molar-refractivity contribution is 14.1. The molecule has 0 spiro atoms. The molecule has 0 aromatic carbocycles. The number of hydrogen-bond acceptors (Lipinski definition) is 3. The van der Waals surface area contributed by atoms with E-state index in [1.165, 1.54) is 0 Å². The van der Waals surface area contributed by atoms with Crippen molar-refractivity contribution in [1.82, 2.24) is 4.90 Å². The average Bonchev–Trinajstić information content (AvgIpc) is 2.70. The highest BCUT2D eigenvalue weighted by Gasteiger charge is 2.17. The summed E-state index contributed by atoms with van der Waals surface area (Å²) in [6, 6.07) is 2.25. The van der Waals surface area contributed by atoms with Crippen molar-refractivity contribution in [3.63, 3.8) is 0 Å². The Kier molecular flexibility index (Phi) is 6.13. The third-order valence-corrected chi connectivity index (χ3v) is 4.97. The first-order chi connectivity index (χ1) is 7.56. The third-order valence-electron chi connectivity index (χ3n) is 2.54. The summed E-state index contributed by atoms with van der Waals surface area (Å²) in [5.41, 5.74) is 0.813. The first-order valence-electron chi connectivity index (χ1n) is 5.06. The summed E-state index contributed by atoms with van der Waals surface area (Å²) in [7, 11) is 1.89. The van der Waals surface area contributed by atoms with Crippen LogP contribution in [0.25, 0.3) is 0 Å². The molecule has 1 aromatic rings. The second-order valence-corrected chi connectivity index (χ2v) is 7.48. The summed E-state index contributed by atoms with van der Waals surface area (Å²) in [4.78, 5) is 13.9. The van der Waals surface area contributed by atoms with Crippen molar-refractivity contribution in [2.75, 3.05) is 19.1 Å². The lowest BCUT2D eigenvalue weighted by molar-refractivity contribution is 0.0742. The fourth-order valence-corrected chi connectivity index (χ4v) is 3.21. The fourth-order valence-electron chi connectivity index (χ4n) is 1.31. The van der Waals surface area contributed by atoms with Gasteiger partial charge < -0.3 is 4.90 Å². The molecule has 1 rings (SSSR count). The molecule has 5 heteroatoms. The molecule has 0 N–H and O–H groups in total. The van der Waals surface area contributed by atoms with Crippen LogP contribution >= 0.6 is 45.7 Å². The summed E-state index contributed by atoms with van der Waals surface area (Å²) in [5, 5.41) is 1.93. The summed E-state index contributed by atoms with van der Waals surface area (Å²) in [6.45, 7) is 2.10. The number of carbonyl (C=O) groups excluding carboxylic acids is 1. The minimum Gasteiger partial charge on any atom is -0.339 e. The number of hydrogen-bond donors (Lipinski definition) is 0. The van der Waals surface area contributed by atoms with E-state index in [0.29, 0.717) is 6.04 Å². The van der Waals surface area contributed by atoms with E-state index in [4.69, 9.17) is 0 Å². The number of thioether (sulfide) groups is 1. The lowest BCUT2D eigenvalue weighted by Crippen LogP contribution is -2.35. The molecular formula is C11H16INOS2. The standard InChI is InChI=1S/C11H16INOS2/c1-8(4-5-15-3)13(2)11(14)9-6-10(12)16-7-9/h6-8H,4-5H2,1-3H3. The van der Waals surface area contributed by atoms with Crippen LogP contribution in [0.3, 0.4) is 0 Å². The van der Waals surface area contributed by atoms with Crippen molar-refractivity contribution in [2.24, 2.45) is 0 Å².